The van der Waals surface area contributed by atoms with Crippen molar-refractivity contribution in [2.45, 2.75) is 33.7 Å². The largest absolute Gasteiger partial charge is 0.352 e. The van der Waals surface area contributed by atoms with Gasteiger partial charge in [-0.05, 0) is 56.0 Å². The molecule has 1 aromatic heterocycles. The van der Waals surface area contributed by atoms with E-state index in [9.17, 15) is 9.59 Å². The zero-order valence-corrected chi connectivity index (χ0v) is 14.8. The van der Waals surface area contributed by atoms with Crippen LogP contribution in [0.5, 0.6) is 0 Å². The molecule has 130 valence electrons. The van der Waals surface area contributed by atoms with E-state index in [0.717, 1.165) is 22.4 Å². The monoisotopic (exact) mass is 337 g/mol. The molecule has 5 nitrogen and oxygen atoms in total. The second-order valence-corrected chi connectivity index (χ2v) is 6.78. The first-order valence-electron chi connectivity index (χ1n) is 8.51. The average Bonchev–Trinajstić information content (AvgIpc) is 3.37. The maximum Gasteiger partial charge on any atom is 0.228 e. The number of carbonyl (C=O) groups is 2. The zero-order chi connectivity index (χ0) is 18.0. The minimum absolute atomic E-state index is 0.0608. The van der Waals surface area contributed by atoms with Gasteiger partial charge in [-0.15, -0.1) is 0 Å². The molecule has 1 fully saturated rings. The molecule has 2 unspecified atom stereocenters. The van der Waals surface area contributed by atoms with Gasteiger partial charge < -0.3 is 10.6 Å². The van der Waals surface area contributed by atoms with E-state index in [4.69, 9.17) is 0 Å². The molecule has 2 aromatic rings. The summed E-state index contributed by atoms with van der Waals surface area (Å²) in [6, 6.07) is 7.82. The Labute approximate surface area is 147 Å². The molecule has 2 atom stereocenters. The maximum absolute atomic E-state index is 12.5. The van der Waals surface area contributed by atoms with Crippen molar-refractivity contribution in [3.8, 4) is 0 Å². The van der Waals surface area contributed by atoms with Crippen LogP contribution in [0.3, 0.4) is 0 Å². The van der Waals surface area contributed by atoms with Crippen LogP contribution in [0.2, 0.25) is 0 Å². The van der Waals surface area contributed by atoms with Gasteiger partial charge in [0, 0.05) is 24.6 Å². The number of hydrogen-bond donors (Lipinski definition) is 2. The number of pyridine rings is 1. The molecule has 5 heteroatoms. The topological polar surface area (TPSA) is 71.1 Å². The third-order valence-electron chi connectivity index (χ3n) is 4.61. The summed E-state index contributed by atoms with van der Waals surface area (Å²) in [5.74, 6) is -0.598. The van der Waals surface area contributed by atoms with Crippen LogP contribution in [-0.4, -0.2) is 16.8 Å². The second-order valence-electron chi connectivity index (χ2n) is 6.78. The quantitative estimate of drug-likeness (QED) is 0.881. The summed E-state index contributed by atoms with van der Waals surface area (Å²) in [4.78, 5) is 28.6. The molecule has 3 rings (SSSR count). The summed E-state index contributed by atoms with van der Waals surface area (Å²) in [5, 5.41) is 5.89. The summed E-state index contributed by atoms with van der Waals surface area (Å²) < 4.78 is 0. The molecule has 1 aliphatic carbocycles. The Morgan fingerprint density at radius 1 is 1.04 bits per heavy atom. The van der Waals surface area contributed by atoms with Crippen LogP contribution >= 0.6 is 0 Å². The van der Waals surface area contributed by atoms with Crippen LogP contribution in [-0.2, 0) is 16.1 Å². The molecule has 0 bridgehead atoms. The number of aromatic nitrogens is 1. The van der Waals surface area contributed by atoms with Crippen LogP contribution in [0, 0.1) is 32.6 Å². The van der Waals surface area contributed by atoms with E-state index >= 15 is 0 Å². The zero-order valence-electron chi connectivity index (χ0n) is 14.8. The number of carbonyl (C=O) groups excluding carboxylic acids is 2. The van der Waals surface area contributed by atoms with Crippen molar-refractivity contribution in [2.24, 2.45) is 11.8 Å². The molecule has 0 spiro atoms. The molecule has 2 N–H and O–H groups in total. The SMILES string of the molecule is Cc1cc(C)c(NC(=O)C2CC2C(=O)NCc2ccncc2)c(C)c1. The van der Waals surface area contributed by atoms with E-state index < -0.39 is 0 Å². The highest BCUT2D eigenvalue weighted by Crippen LogP contribution is 2.40. The summed E-state index contributed by atoms with van der Waals surface area (Å²) >= 11 is 0. The Morgan fingerprint density at radius 3 is 2.28 bits per heavy atom. The van der Waals surface area contributed by atoms with Crippen LogP contribution in [0.4, 0.5) is 5.69 Å². The highest BCUT2D eigenvalue weighted by Gasteiger charge is 2.48. The first-order chi connectivity index (χ1) is 12.0. The molecule has 2 amide bonds. The predicted octanol–water partition coefficient (Wildman–Crippen LogP) is 2.90. The van der Waals surface area contributed by atoms with Crippen LogP contribution in [0.15, 0.2) is 36.7 Å². The molecule has 25 heavy (non-hydrogen) atoms. The number of anilines is 1. The Balaban J connectivity index is 1.54. The predicted molar refractivity (Wildman–Crippen MR) is 97.0 cm³/mol. The smallest absolute Gasteiger partial charge is 0.228 e. The fourth-order valence-electron chi connectivity index (χ4n) is 3.19. The third-order valence-corrected chi connectivity index (χ3v) is 4.61. The lowest BCUT2D eigenvalue weighted by molar-refractivity contribution is -0.125. The Kier molecular flexibility index (Phi) is 4.83. The minimum atomic E-state index is -0.238. The molecule has 1 saturated carbocycles. The van der Waals surface area contributed by atoms with E-state index in [1.807, 2.05) is 32.9 Å². The van der Waals surface area contributed by atoms with Crippen molar-refractivity contribution in [2.75, 3.05) is 5.32 Å². The van der Waals surface area contributed by atoms with Gasteiger partial charge in [0.25, 0.3) is 0 Å². The van der Waals surface area contributed by atoms with E-state index in [0.29, 0.717) is 13.0 Å². The number of benzene rings is 1. The summed E-state index contributed by atoms with van der Waals surface area (Å²) in [6.07, 6.45) is 4.00. The summed E-state index contributed by atoms with van der Waals surface area (Å²) in [7, 11) is 0. The van der Waals surface area contributed by atoms with Crippen molar-refractivity contribution < 1.29 is 9.59 Å². The van der Waals surface area contributed by atoms with Crippen molar-refractivity contribution >= 4 is 17.5 Å². The molecule has 1 aliphatic rings. The third kappa shape index (κ3) is 4.05. The van der Waals surface area contributed by atoms with Crippen molar-refractivity contribution in [3.63, 3.8) is 0 Å². The van der Waals surface area contributed by atoms with Gasteiger partial charge in [0.05, 0.1) is 11.8 Å². The van der Waals surface area contributed by atoms with Crippen molar-refractivity contribution in [1.82, 2.24) is 10.3 Å². The summed E-state index contributed by atoms with van der Waals surface area (Å²) in [6.45, 7) is 6.47. The molecular formula is C20H23N3O2. The van der Waals surface area contributed by atoms with Gasteiger partial charge in [0.1, 0.15) is 0 Å². The number of amides is 2. The average molecular weight is 337 g/mol. The van der Waals surface area contributed by atoms with Crippen LogP contribution in [0.25, 0.3) is 0 Å². The lowest BCUT2D eigenvalue weighted by Gasteiger charge is -2.13. The number of aryl methyl sites for hydroxylation is 3. The fourth-order valence-corrected chi connectivity index (χ4v) is 3.19. The first-order valence-corrected chi connectivity index (χ1v) is 8.51. The lowest BCUT2D eigenvalue weighted by Crippen LogP contribution is -2.27. The maximum atomic E-state index is 12.5. The van der Waals surface area contributed by atoms with Crippen LogP contribution < -0.4 is 10.6 Å². The van der Waals surface area contributed by atoms with Crippen LogP contribution in [0.1, 0.15) is 28.7 Å². The normalized spacial score (nSPS) is 18.5. The fraction of sp³-hybridized carbons (Fsp3) is 0.350. The molecule has 0 aliphatic heterocycles. The van der Waals surface area contributed by atoms with E-state index in [1.165, 1.54) is 5.56 Å². The lowest BCUT2D eigenvalue weighted by atomic mass is 10.0. The number of rotatable bonds is 5. The van der Waals surface area contributed by atoms with Gasteiger partial charge in [-0.3, -0.25) is 14.6 Å². The summed E-state index contributed by atoms with van der Waals surface area (Å²) in [5.41, 5.74) is 5.12. The molecule has 1 heterocycles. The van der Waals surface area contributed by atoms with Gasteiger partial charge in [-0.2, -0.15) is 0 Å². The molecular weight excluding hydrogens is 314 g/mol. The first kappa shape index (κ1) is 17.1. The number of nitrogens with zero attached hydrogens (tertiary/aromatic N) is 1. The van der Waals surface area contributed by atoms with E-state index in [-0.39, 0.29) is 23.7 Å². The van der Waals surface area contributed by atoms with Crippen molar-refractivity contribution in [1.29, 1.82) is 0 Å². The highest BCUT2D eigenvalue weighted by molar-refractivity contribution is 6.00. The minimum Gasteiger partial charge on any atom is -0.352 e. The van der Waals surface area contributed by atoms with Gasteiger partial charge in [0.2, 0.25) is 11.8 Å². The van der Waals surface area contributed by atoms with Crippen molar-refractivity contribution in [3.05, 3.63) is 58.9 Å². The van der Waals surface area contributed by atoms with Gasteiger partial charge >= 0.3 is 0 Å². The molecule has 0 radical (unpaired) electrons. The number of hydrogen-bond acceptors (Lipinski definition) is 3. The molecule has 1 aromatic carbocycles. The van der Waals surface area contributed by atoms with E-state index in [1.54, 1.807) is 12.4 Å². The van der Waals surface area contributed by atoms with Gasteiger partial charge in [-0.1, -0.05) is 17.7 Å². The van der Waals surface area contributed by atoms with Gasteiger partial charge in [-0.25, -0.2) is 0 Å². The van der Waals surface area contributed by atoms with Gasteiger partial charge in [0.15, 0.2) is 0 Å². The Hall–Kier alpha value is -2.69. The standard InChI is InChI=1S/C20H23N3O2/c1-12-8-13(2)18(14(3)9-12)23-20(25)17-10-16(17)19(24)22-11-15-4-6-21-7-5-15/h4-9,16-17H,10-11H2,1-3H3,(H,22,24)(H,23,25). The van der Waals surface area contributed by atoms with E-state index in [2.05, 4.69) is 27.8 Å². The second kappa shape index (κ2) is 7.05. The molecule has 0 saturated heterocycles. The Bertz CT molecular complexity index is 779. The highest BCUT2D eigenvalue weighted by atomic mass is 16.2. The Morgan fingerprint density at radius 2 is 1.64 bits per heavy atom. The number of nitrogens with one attached hydrogen (secondary N) is 2.